The van der Waals surface area contributed by atoms with Gasteiger partial charge in [-0.05, 0) is 53.6 Å². The van der Waals surface area contributed by atoms with Crippen molar-refractivity contribution in [1.82, 2.24) is 19.9 Å². The number of furan rings is 2. The van der Waals surface area contributed by atoms with Crippen molar-refractivity contribution in [2.75, 3.05) is 0 Å². The molecule has 0 aliphatic rings. The Labute approximate surface area is 306 Å². The lowest BCUT2D eigenvalue weighted by molar-refractivity contribution is 0.668. The molecule has 0 radical (unpaired) electrons. The summed E-state index contributed by atoms with van der Waals surface area (Å²) in [7, 11) is 0. The fraction of sp³-hybridized carbons (Fsp3) is 0. The molecule has 0 aliphatic carbocycles. The van der Waals surface area contributed by atoms with E-state index >= 15 is 0 Å². The average molecular weight is 699 g/mol. The summed E-state index contributed by atoms with van der Waals surface area (Å²) in [6.45, 7) is 0. The first-order valence-corrected chi connectivity index (χ1v) is 18.2. The van der Waals surface area contributed by atoms with Crippen LogP contribution in [0.1, 0.15) is 0 Å². The van der Waals surface area contributed by atoms with Gasteiger partial charge in [-0.2, -0.15) is 0 Å². The first-order chi connectivity index (χ1) is 26.2. The van der Waals surface area contributed by atoms with E-state index in [2.05, 4.69) is 72.8 Å². The van der Waals surface area contributed by atoms with Crippen LogP contribution in [-0.2, 0) is 0 Å². The minimum Gasteiger partial charge on any atom is -0.456 e. The molecule has 0 spiro atoms. The maximum Gasteiger partial charge on any atom is 0.167 e. The van der Waals surface area contributed by atoms with Crippen LogP contribution in [0.4, 0.5) is 0 Å². The normalized spacial score (nSPS) is 11.8. The third-order valence-electron chi connectivity index (χ3n) is 9.81. The van der Waals surface area contributed by atoms with Crippen LogP contribution in [0.2, 0.25) is 0 Å². The highest BCUT2D eigenvalue weighted by Crippen LogP contribution is 2.40. The van der Waals surface area contributed by atoms with Gasteiger partial charge in [-0.15, -0.1) is 11.3 Å². The fourth-order valence-electron chi connectivity index (χ4n) is 7.25. The Morgan fingerprint density at radius 3 is 1.94 bits per heavy atom. The molecule has 4 aromatic heterocycles. The molecule has 4 heterocycles. The van der Waals surface area contributed by atoms with E-state index < -0.39 is 0 Å². The number of hydrogen-bond acceptors (Lipinski definition) is 7. The van der Waals surface area contributed by atoms with Crippen LogP contribution in [0.25, 0.3) is 110 Å². The number of aromatic nitrogens is 4. The van der Waals surface area contributed by atoms with Gasteiger partial charge in [0, 0.05) is 38.2 Å². The summed E-state index contributed by atoms with van der Waals surface area (Å²) in [6, 6.07) is 53.5. The summed E-state index contributed by atoms with van der Waals surface area (Å²) < 4.78 is 14.1. The molecule has 0 atom stereocenters. The van der Waals surface area contributed by atoms with E-state index in [0.29, 0.717) is 17.5 Å². The topological polar surface area (TPSA) is 77.8 Å². The first kappa shape index (κ1) is 29.7. The van der Waals surface area contributed by atoms with Gasteiger partial charge in [0.05, 0.1) is 15.8 Å². The number of para-hydroxylation sites is 3. The second-order valence-corrected chi connectivity index (χ2v) is 14.0. The molecule has 0 unspecified atom stereocenters. The Kier molecular flexibility index (Phi) is 6.62. The molecule has 248 valence electrons. The van der Waals surface area contributed by atoms with Crippen LogP contribution < -0.4 is 0 Å². The summed E-state index contributed by atoms with van der Waals surface area (Å²) >= 11 is 1.71. The molecular weight excluding hydrogens is 673 g/mol. The number of thiazole rings is 1. The zero-order valence-electron chi connectivity index (χ0n) is 28.0. The smallest absolute Gasteiger partial charge is 0.167 e. The van der Waals surface area contributed by atoms with Crippen LogP contribution in [0, 0.1) is 0 Å². The molecule has 0 aliphatic heterocycles. The molecule has 0 saturated carbocycles. The number of fused-ring (bicyclic) bond motifs is 7. The third-order valence-corrected chi connectivity index (χ3v) is 10.9. The zero-order chi connectivity index (χ0) is 34.9. The van der Waals surface area contributed by atoms with Crippen molar-refractivity contribution >= 4 is 65.4 Å². The van der Waals surface area contributed by atoms with Crippen molar-refractivity contribution in [3.8, 4) is 55.9 Å². The minimum absolute atomic E-state index is 0.539. The Bertz CT molecular complexity index is 3150. The third kappa shape index (κ3) is 4.93. The van der Waals surface area contributed by atoms with E-state index in [-0.39, 0.29) is 0 Å². The van der Waals surface area contributed by atoms with Crippen molar-refractivity contribution in [3.63, 3.8) is 0 Å². The molecule has 0 N–H and O–H groups in total. The van der Waals surface area contributed by atoms with Crippen molar-refractivity contribution in [2.24, 2.45) is 0 Å². The second-order valence-electron chi connectivity index (χ2n) is 13.0. The summed E-state index contributed by atoms with van der Waals surface area (Å²) in [5.74, 6) is 1.68. The molecule has 11 rings (SSSR count). The van der Waals surface area contributed by atoms with E-state index in [1.807, 2.05) is 84.9 Å². The average Bonchev–Trinajstić information content (AvgIpc) is 3.94. The van der Waals surface area contributed by atoms with E-state index in [0.717, 1.165) is 87.8 Å². The second kappa shape index (κ2) is 11.8. The molecule has 6 nitrogen and oxygen atoms in total. The molecule has 11 aromatic rings. The van der Waals surface area contributed by atoms with Crippen molar-refractivity contribution in [1.29, 1.82) is 0 Å². The van der Waals surface area contributed by atoms with Gasteiger partial charge < -0.3 is 8.83 Å². The zero-order valence-corrected chi connectivity index (χ0v) is 28.8. The lowest BCUT2D eigenvalue weighted by Gasteiger charge is -2.09. The highest BCUT2D eigenvalue weighted by molar-refractivity contribution is 7.21. The largest absolute Gasteiger partial charge is 0.456 e. The van der Waals surface area contributed by atoms with Crippen molar-refractivity contribution in [3.05, 3.63) is 158 Å². The number of benzene rings is 7. The van der Waals surface area contributed by atoms with Gasteiger partial charge in [-0.1, -0.05) is 115 Å². The van der Waals surface area contributed by atoms with Crippen LogP contribution in [0.3, 0.4) is 0 Å². The van der Waals surface area contributed by atoms with Crippen LogP contribution in [0.5, 0.6) is 0 Å². The summed E-state index contributed by atoms with van der Waals surface area (Å²) in [4.78, 5) is 20.1. The fourth-order valence-corrected chi connectivity index (χ4v) is 8.22. The maximum atomic E-state index is 6.44. The monoisotopic (exact) mass is 698 g/mol. The van der Waals surface area contributed by atoms with Crippen molar-refractivity contribution < 1.29 is 8.83 Å². The maximum absolute atomic E-state index is 6.44. The Morgan fingerprint density at radius 2 is 1.06 bits per heavy atom. The molecule has 53 heavy (non-hydrogen) atoms. The van der Waals surface area contributed by atoms with Gasteiger partial charge in [0.15, 0.2) is 17.5 Å². The van der Waals surface area contributed by atoms with Crippen LogP contribution in [0.15, 0.2) is 167 Å². The van der Waals surface area contributed by atoms with Crippen LogP contribution >= 0.6 is 11.3 Å². The minimum atomic E-state index is 0.539. The van der Waals surface area contributed by atoms with Gasteiger partial charge in [0.1, 0.15) is 27.3 Å². The van der Waals surface area contributed by atoms with Gasteiger partial charge in [0.2, 0.25) is 0 Å². The molecule has 0 fully saturated rings. The summed E-state index contributed by atoms with van der Waals surface area (Å²) in [5, 5.41) is 5.03. The van der Waals surface area contributed by atoms with Crippen LogP contribution in [-0.4, -0.2) is 19.9 Å². The van der Waals surface area contributed by atoms with E-state index in [9.17, 15) is 0 Å². The van der Waals surface area contributed by atoms with Gasteiger partial charge in [-0.3, -0.25) is 0 Å². The lowest BCUT2D eigenvalue weighted by atomic mass is 9.99. The van der Waals surface area contributed by atoms with Crippen molar-refractivity contribution in [2.45, 2.75) is 0 Å². The predicted molar refractivity (Wildman–Crippen MR) is 215 cm³/mol. The van der Waals surface area contributed by atoms with E-state index in [1.54, 1.807) is 11.3 Å². The number of hydrogen-bond donors (Lipinski definition) is 0. The first-order valence-electron chi connectivity index (χ1n) is 17.4. The van der Waals surface area contributed by atoms with E-state index in [4.69, 9.17) is 28.8 Å². The highest BCUT2D eigenvalue weighted by atomic mass is 32.1. The quantitative estimate of drug-likeness (QED) is 0.178. The standard InChI is InChI=1S/C46H26N4O2S/c1-2-10-28(11-3-1)43-48-44(50-45(49-43)34-15-8-13-32-31-12-4-6-17-37(31)52-42(32)34)33-14-9-18-39-41(33)35-26-30(24-25-38(35)51-39)27-20-22-29(23-21-27)46-47-36-16-5-7-19-40(36)53-46/h1-26H. The Balaban J connectivity index is 1.07. The summed E-state index contributed by atoms with van der Waals surface area (Å²) in [6.07, 6.45) is 0. The Morgan fingerprint density at radius 1 is 0.396 bits per heavy atom. The molecular formula is C46H26N4O2S. The summed E-state index contributed by atoms with van der Waals surface area (Å²) in [5.41, 5.74) is 10.0. The van der Waals surface area contributed by atoms with E-state index in [1.165, 1.54) is 4.70 Å². The number of nitrogens with zero attached hydrogens (tertiary/aromatic N) is 4. The SMILES string of the molecule is c1ccc(-c2nc(-c3cccc4c3oc3ccccc34)nc(-c3cccc4oc5ccc(-c6ccc(-c7nc8ccccc8s7)cc6)cc5c34)n2)cc1. The Hall–Kier alpha value is -6.96. The van der Waals surface area contributed by atoms with Gasteiger partial charge in [-0.25, -0.2) is 19.9 Å². The molecule has 7 aromatic carbocycles. The molecule has 7 heteroatoms. The lowest BCUT2D eigenvalue weighted by Crippen LogP contribution is -2.00. The molecule has 0 amide bonds. The van der Waals surface area contributed by atoms with Gasteiger partial charge >= 0.3 is 0 Å². The predicted octanol–water partition coefficient (Wildman–Crippen LogP) is 12.6. The molecule has 0 bridgehead atoms. The number of rotatable bonds is 5. The molecule has 0 saturated heterocycles. The van der Waals surface area contributed by atoms with Gasteiger partial charge in [0.25, 0.3) is 0 Å². The highest BCUT2D eigenvalue weighted by Gasteiger charge is 2.20.